The number of nitrogens with zero attached hydrogens (tertiary/aromatic N) is 3. The quantitative estimate of drug-likeness (QED) is 0.329. The number of aromatic nitrogens is 2. The van der Waals surface area contributed by atoms with Gasteiger partial charge in [0.25, 0.3) is 5.91 Å². The molecule has 8 heteroatoms. The van der Waals surface area contributed by atoms with Crippen LogP contribution in [-0.2, 0) is 13.1 Å². The Morgan fingerprint density at radius 2 is 1.76 bits per heavy atom. The van der Waals surface area contributed by atoms with Crippen LogP contribution in [0.25, 0.3) is 11.3 Å². The number of hydrogen-bond acceptors (Lipinski definition) is 5. The lowest BCUT2D eigenvalue weighted by atomic mass is 10.1. The van der Waals surface area contributed by atoms with Crippen LogP contribution in [-0.4, -0.2) is 43.0 Å². The van der Waals surface area contributed by atoms with E-state index in [-0.39, 0.29) is 12.1 Å². The summed E-state index contributed by atoms with van der Waals surface area (Å²) in [6.45, 7) is 2.92. The van der Waals surface area contributed by atoms with E-state index in [9.17, 15) is 9.18 Å². The molecule has 0 unspecified atom stereocenters. The largest absolute Gasteiger partial charge is 0.497 e. The molecule has 1 aliphatic heterocycles. The van der Waals surface area contributed by atoms with Gasteiger partial charge in [-0.1, -0.05) is 30.3 Å². The predicted molar refractivity (Wildman–Crippen MR) is 145 cm³/mol. The maximum Gasteiger partial charge on any atom is 0.255 e. The van der Waals surface area contributed by atoms with E-state index in [4.69, 9.17) is 14.6 Å². The fraction of sp³-hybridized carbons (Fsp3) is 0.267. The van der Waals surface area contributed by atoms with Gasteiger partial charge in [-0.25, -0.2) is 4.39 Å². The molecule has 7 nitrogen and oxygen atoms in total. The van der Waals surface area contributed by atoms with Crippen molar-refractivity contribution in [3.8, 4) is 22.8 Å². The second kappa shape index (κ2) is 11.4. The molecule has 0 radical (unpaired) electrons. The fourth-order valence-corrected chi connectivity index (χ4v) is 4.85. The smallest absolute Gasteiger partial charge is 0.255 e. The van der Waals surface area contributed by atoms with Crippen molar-refractivity contribution in [2.45, 2.75) is 25.9 Å². The molecule has 3 aromatic carbocycles. The molecule has 1 amide bonds. The van der Waals surface area contributed by atoms with Gasteiger partial charge in [0.05, 0.1) is 43.9 Å². The van der Waals surface area contributed by atoms with E-state index in [0.717, 1.165) is 46.9 Å². The summed E-state index contributed by atoms with van der Waals surface area (Å²) in [5.41, 5.74) is 5.39. The van der Waals surface area contributed by atoms with Crippen molar-refractivity contribution in [1.82, 2.24) is 15.1 Å². The summed E-state index contributed by atoms with van der Waals surface area (Å²) < 4.78 is 26.3. The van der Waals surface area contributed by atoms with E-state index in [0.29, 0.717) is 12.3 Å². The molecule has 1 fully saturated rings. The first kappa shape index (κ1) is 25.3. The standard InChI is InChI=1S/C30H31FN4O3/c1-37-25-11-8-21(9-12-25)20-35-29(27(19-33-35)34-14-3-4-15-34)23-7-5-6-22(16-23)18-32-30(36)26-17-24(31)10-13-28(26)38-2/h5-13,16-17,19H,3-4,14-15,18,20H2,1-2H3,(H,32,36). The summed E-state index contributed by atoms with van der Waals surface area (Å²) in [4.78, 5) is 15.2. The van der Waals surface area contributed by atoms with E-state index in [1.165, 1.54) is 38.2 Å². The molecule has 2 heterocycles. The third-order valence-corrected chi connectivity index (χ3v) is 6.82. The molecule has 0 aliphatic carbocycles. The van der Waals surface area contributed by atoms with Gasteiger partial charge in [-0.3, -0.25) is 9.48 Å². The summed E-state index contributed by atoms with van der Waals surface area (Å²) in [7, 11) is 3.12. The van der Waals surface area contributed by atoms with Crippen LogP contribution >= 0.6 is 0 Å². The van der Waals surface area contributed by atoms with Gasteiger partial charge in [0.15, 0.2) is 0 Å². The van der Waals surface area contributed by atoms with Crippen LogP contribution in [0.15, 0.2) is 72.9 Å². The molecule has 4 aromatic rings. The van der Waals surface area contributed by atoms with Gasteiger partial charge < -0.3 is 19.7 Å². The van der Waals surface area contributed by atoms with Crippen molar-refractivity contribution in [3.63, 3.8) is 0 Å². The highest BCUT2D eigenvalue weighted by Crippen LogP contribution is 2.34. The topological polar surface area (TPSA) is 68.6 Å². The number of carbonyl (C=O) groups excluding carboxylic acids is 1. The lowest BCUT2D eigenvalue weighted by Gasteiger charge is -2.19. The van der Waals surface area contributed by atoms with E-state index >= 15 is 0 Å². The Morgan fingerprint density at radius 3 is 2.50 bits per heavy atom. The minimum atomic E-state index is -0.488. The van der Waals surface area contributed by atoms with Gasteiger partial charge in [-0.2, -0.15) is 5.10 Å². The van der Waals surface area contributed by atoms with Gasteiger partial charge >= 0.3 is 0 Å². The Hall–Kier alpha value is -4.33. The molecule has 5 rings (SSSR count). The summed E-state index contributed by atoms with van der Waals surface area (Å²) in [6, 6.07) is 20.0. The molecule has 0 saturated carbocycles. The molecule has 0 spiro atoms. The molecule has 1 N–H and O–H groups in total. The minimum Gasteiger partial charge on any atom is -0.497 e. The number of methoxy groups -OCH3 is 2. The number of hydrogen-bond donors (Lipinski definition) is 1. The van der Waals surface area contributed by atoms with Crippen LogP contribution in [0.4, 0.5) is 10.1 Å². The Bertz CT molecular complexity index is 1410. The number of halogens is 1. The summed E-state index contributed by atoms with van der Waals surface area (Å²) >= 11 is 0. The third kappa shape index (κ3) is 5.49. The molecular formula is C30H31FN4O3. The van der Waals surface area contributed by atoms with E-state index < -0.39 is 11.7 Å². The van der Waals surface area contributed by atoms with Crippen LogP contribution in [0.3, 0.4) is 0 Å². The van der Waals surface area contributed by atoms with Gasteiger partial charge in [0, 0.05) is 25.2 Å². The Morgan fingerprint density at radius 1 is 0.974 bits per heavy atom. The van der Waals surface area contributed by atoms with Crippen LogP contribution in [0.5, 0.6) is 11.5 Å². The molecule has 0 bridgehead atoms. The number of ether oxygens (including phenoxy) is 2. The molecular weight excluding hydrogens is 483 g/mol. The van der Waals surface area contributed by atoms with Gasteiger partial charge in [-0.05, 0) is 60.4 Å². The fourth-order valence-electron chi connectivity index (χ4n) is 4.85. The normalized spacial score (nSPS) is 13.0. The van der Waals surface area contributed by atoms with E-state index in [1.807, 2.05) is 47.3 Å². The third-order valence-electron chi connectivity index (χ3n) is 6.82. The molecule has 38 heavy (non-hydrogen) atoms. The van der Waals surface area contributed by atoms with Crippen molar-refractivity contribution < 1.29 is 18.7 Å². The maximum atomic E-state index is 13.8. The van der Waals surface area contributed by atoms with Crippen LogP contribution in [0, 0.1) is 5.82 Å². The highest BCUT2D eigenvalue weighted by Gasteiger charge is 2.22. The van der Waals surface area contributed by atoms with E-state index in [2.05, 4.69) is 22.3 Å². The second-order valence-corrected chi connectivity index (χ2v) is 9.31. The first-order chi connectivity index (χ1) is 18.6. The molecule has 1 aliphatic rings. The van der Waals surface area contributed by atoms with Crippen LogP contribution < -0.4 is 19.7 Å². The highest BCUT2D eigenvalue weighted by molar-refractivity contribution is 5.96. The number of amides is 1. The Balaban J connectivity index is 1.41. The van der Waals surface area contributed by atoms with E-state index in [1.54, 1.807) is 7.11 Å². The zero-order valence-electron chi connectivity index (χ0n) is 21.6. The molecule has 196 valence electrons. The summed E-state index contributed by atoms with van der Waals surface area (Å²) in [5, 5.41) is 7.66. The van der Waals surface area contributed by atoms with Crippen molar-refractivity contribution in [3.05, 3.63) is 95.4 Å². The zero-order valence-corrected chi connectivity index (χ0v) is 21.6. The number of nitrogens with one attached hydrogen (secondary N) is 1. The van der Waals surface area contributed by atoms with Crippen molar-refractivity contribution in [1.29, 1.82) is 0 Å². The Kier molecular flexibility index (Phi) is 7.58. The van der Waals surface area contributed by atoms with Crippen LogP contribution in [0.1, 0.15) is 34.3 Å². The van der Waals surface area contributed by atoms with Crippen molar-refractivity contribution in [2.24, 2.45) is 0 Å². The minimum absolute atomic E-state index is 0.164. The number of carbonyl (C=O) groups is 1. The Labute approximate surface area is 221 Å². The highest BCUT2D eigenvalue weighted by atomic mass is 19.1. The lowest BCUT2D eigenvalue weighted by Crippen LogP contribution is -2.23. The summed E-state index contributed by atoms with van der Waals surface area (Å²) in [5.74, 6) is 0.264. The summed E-state index contributed by atoms with van der Waals surface area (Å²) in [6.07, 6.45) is 4.28. The number of benzene rings is 3. The average Bonchev–Trinajstić information content (AvgIpc) is 3.62. The number of anilines is 1. The van der Waals surface area contributed by atoms with Gasteiger partial charge in [0.1, 0.15) is 17.3 Å². The second-order valence-electron chi connectivity index (χ2n) is 9.31. The first-order valence-electron chi connectivity index (χ1n) is 12.7. The monoisotopic (exact) mass is 514 g/mol. The SMILES string of the molecule is COc1ccc(Cn2ncc(N3CCCC3)c2-c2cccc(CNC(=O)c3cc(F)ccc3OC)c2)cc1. The van der Waals surface area contributed by atoms with Crippen molar-refractivity contribution >= 4 is 11.6 Å². The predicted octanol–water partition coefficient (Wildman–Crippen LogP) is 5.28. The first-order valence-corrected chi connectivity index (χ1v) is 12.7. The zero-order chi connectivity index (χ0) is 26.5. The molecule has 1 saturated heterocycles. The molecule has 1 aromatic heterocycles. The lowest BCUT2D eigenvalue weighted by molar-refractivity contribution is 0.0947. The number of rotatable bonds is 9. The van der Waals surface area contributed by atoms with Gasteiger partial charge in [0.2, 0.25) is 0 Å². The van der Waals surface area contributed by atoms with Gasteiger partial charge in [-0.15, -0.1) is 0 Å². The average molecular weight is 515 g/mol. The molecule has 0 atom stereocenters. The maximum absolute atomic E-state index is 13.8. The van der Waals surface area contributed by atoms with Crippen LogP contribution in [0.2, 0.25) is 0 Å². The van der Waals surface area contributed by atoms with Crippen molar-refractivity contribution in [2.75, 3.05) is 32.2 Å².